The first-order valence-electron chi connectivity index (χ1n) is 6.41. The third kappa shape index (κ3) is 2.79. The Morgan fingerprint density at radius 3 is 2.78 bits per heavy atom. The summed E-state index contributed by atoms with van der Waals surface area (Å²) in [5, 5.41) is 3.49. The van der Waals surface area contributed by atoms with Gasteiger partial charge in [-0.15, -0.1) is 0 Å². The third-order valence-electron chi connectivity index (χ3n) is 3.93. The Kier molecular flexibility index (Phi) is 3.85. The first-order chi connectivity index (χ1) is 8.40. The standard InChI is InChI=1S/C14H20BrFN2/c1-14(2)6-4-3-5-13(14)18-12-7-9(15)10(16)8-11(12)17/h7-8,13,18H,3-6,17H2,1-2H3. The van der Waals surface area contributed by atoms with Gasteiger partial charge < -0.3 is 11.1 Å². The van der Waals surface area contributed by atoms with Crippen LogP contribution in [0.2, 0.25) is 0 Å². The molecule has 0 radical (unpaired) electrons. The van der Waals surface area contributed by atoms with Gasteiger partial charge in [0.05, 0.1) is 15.8 Å². The normalized spacial score (nSPS) is 22.8. The van der Waals surface area contributed by atoms with E-state index in [-0.39, 0.29) is 11.2 Å². The van der Waals surface area contributed by atoms with E-state index in [0.29, 0.717) is 16.2 Å². The number of rotatable bonds is 2. The van der Waals surface area contributed by atoms with Crippen molar-refractivity contribution in [3.05, 3.63) is 22.4 Å². The molecule has 3 N–H and O–H groups in total. The van der Waals surface area contributed by atoms with Crippen LogP contribution in [0.5, 0.6) is 0 Å². The molecule has 2 rings (SSSR count). The van der Waals surface area contributed by atoms with E-state index < -0.39 is 0 Å². The van der Waals surface area contributed by atoms with Gasteiger partial charge >= 0.3 is 0 Å². The fourth-order valence-corrected chi connectivity index (χ4v) is 2.98. The van der Waals surface area contributed by atoms with Gasteiger partial charge in [-0.25, -0.2) is 4.39 Å². The first kappa shape index (κ1) is 13.7. The largest absolute Gasteiger partial charge is 0.397 e. The van der Waals surface area contributed by atoms with E-state index in [4.69, 9.17) is 5.73 Å². The summed E-state index contributed by atoms with van der Waals surface area (Å²) < 4.78 is 13.8. The van der Waals surface area contributed by atoms with Crippen LogP contribution in [-0.4, -0.2) is 6.04 Å². The molecule has 1 aliphatic rings. The van der Waals surface area contributed by atoms with E-state index in [0.717, 1.165) is 12.1 Å². The highest BCUT2D eigenvalue weighted by molar-refractivity contribution is 9.10. The van der Waals surface area contributed by atoms with Crippen LogP contribution in [0, 0.1) is 11.2 Å². The molecule has 0 heterocycles. The summed E-state index contributed by atoms with van der Waals surface area (Å²) in [6, 6.07) is 3.49. The molecule has 0 spiro atoms. The van der Waals surface area contributed by atoms with Crippen molar-refractivity contribution in [3.63, 3.8) is 0 Å². The topological polar surface area (TPSA) is 38.0 Å². The maximum absolute atomic E-state index is 13.3. The molecule has 1 aromatic carbocycles. The molecular formula is C14H20BrFN2. The molecule has 0 amide bonds. The summed E-state index contributed by atoms with van der Waals surface area (Å²) in [7, 11) is 0. The number of anilines is 2. The minimum absolute atomic E-state index is 0.256. The zero-order valence-electron chi connectivity index (χ0n) is 10.9. The maximum Gasteiger partial charge on any atom is 0.139 e. The smallest absolute Gasteiger partial charge is 0.139 e. The average molecular weight is 315 g/mol. The predicted molar refractivity (Wildman–Crippen MR) is 78.2 cm³/mol. The Labute approximate surface area is 116 Å². The molecule has 0 aromatic heterocycles. The number of benzene rings is 1. The van der Waals surface area contributed by atoms with Crippen molar-refractivity contribution in [1.29, 1.82) is 0 Å². The van der Waals surface area contributed by atoms with E-state index in [1.54, 1.807) is 6.07 Å². The number of nitrogens with two attached hydrogens (primary N) is 1. The second-order valence-corrected chi connectivity index (χ2v) is 6.64. The molecular weight excluding hydrogens is 295 g/mol. The summed E-state index contributed by atoms with van der Waals surface area (Å²) in [5.41, 5.74) is 7.42. The van der Waals surface area contributed by atoms with Crippen molar-refractivity contribution in [2.75, 3.05) is 11.1 Å². The van der Waals surface area contributed by atoms with Crippen LogP contribution in [0.25, 0.3) is 0 Å². The van der Waals surface area contributed by atoms with Gasteiger partial charge in [0.15, 0.2) is 0 Å². The van der Waals surface area contributed by atoms with Gasteiger partial charge in [-0.3, -0.25) is 0 Å². The third-order valence-corrected chi connectivity index (χ3v) is 4.54. The van der Waals surface area contributed by atoms with Crippen molar-refractivity contribution in [2.24, 2.45) is 5.41 Å². The van der Waals surface area contributed by atoms with Crippen LogP contribution in [0.1, 0.15) is 39.5 Å². The molecule has 1 atom stereocenters. The molecule has 1 aromatic rings. The lowest BCUT2D eigenvalue weighted by molar-refractivity contribution is 0.217. The fourth-order valence-electron chi connectivity index (χ4n) is 2.64. The molecule has 1 fully saturated rings. The van der Waals surface area contributed by atoms with E-state index >= 15 is 0 Å². The summed E-state index contributed by atoms with van der Waals surface area (Å²) >= 11 is 3.20. The van der Waals surface area contributed by atoms with E-state index in [2.05, 4.69) is 35.1 Å². The van der Waals surface area contributed by atoms with Crippen LogP contribution in [0.4, 0.5) is 15.8 Å². The zero-order chi connectivity index (χ0) is 13.3. The van der Waals surface area contributed by atoms with Gasteiger partial charge in [0.1, 0.15) is 5.82 Å². The molecule has 18 heavy (non-hydrogen) atoms. The highest BCUT2D eigenvalue weighted by Crippen LogP contribution is 2.38. The number of hydrogen-bond donors (Lipinski definition) is 2. The Balaban J connectivity index is 2.20. The number of halogens is 2. The highest BCUT2D eigenvalue weighted by Gasteiger charge is 2.32. The van der Waals surface area contributed by atoms with Gasteiger partial charge in [0, 0.05) is 12.1 Å². The molecule has 0 saturated heterocycles. The summed E-state index contributed by atoms with van der Waals surface area (Å²) in [6.45, 7) is 4.55. The number of hydrogen-bond acceptors (Lipinski definition) is 2. The van der Waals surface area contributed by atoms with Crippen LogP contribution in [-0.2, 0) is 0 Å². The second-order valence-electron chi connectivity index (χ2n) is 5.78. The Hall–Kier alpha value is -0.770. The minimum Gasteiger partial charge on any atom is -0.397 e. The minimum atomic E-state index is -0.319. The van der Waals surface area contributed by atoms with E-state index in [1.165, 1.54) is 25.3 Å². The van der Waals surface area contributed by atoms with Gasteiger partial charge in [-0.2, -0.15) is 0 Å². The quantitative estimate of drug-likeness (QED) is 0.786. The number of nitrogen functional groups attached to an aromatic ring is 1. The fraction of sp³-hybridized carbons (Fsp3) is 0.571. The van der Waals surface area contributed by atoms with Gasteiger partial charge in [-0.1, -0.05) is 26.7 Å². The summed E-state index contributed by atoms with van der Waals surface area (Å²) in [6.07, 6.45) is 4.88. The van der Waals surface area contributed by atoms with E-state index in [9.17, 15) is 4.39 Å². The van der Waals surface area contributed by atoms with Crippen molar-refractivity contribution < 1.29 is 4.39 Å². The molecule has 0 bridgehead atoms. The average Bonchev–Trinajstić information content (AvgIpc) is 2.28. The van der Waals surface area contributed by atoms with E-state index in [1.807, 2.05) is 0 Å². The lowest BCUT2D eigenvalue weighted by Crippen LogP contribution is -2.39. The molecule has 100 valence electrons. The van der Waals surface area contributed by atoms with Crippen molar-refractivity contribution in [1.82, 2.24) is 0 Å². The van der Waals surface area contributed by atoms with Gasteiger partial charge in [0.2, 0.25) is 0 Å². The molecule has 4 heteroatoms. The van der Waals surface area contributed by atoms with Crippen LogP contribution >= 0.6 is 15.9 Å². The SMILES string of the molecule is CC1(C)CCCCC1Nc1cc(Br)c(F)cc1N. The zero-order valence-corrected chi connectivity index (χ0v) is 12.5. The molecule has 1 aliphatic carbocycles. The summed E-state index contributed by atoms with van der Waals surface area (Å²) in [4.78, 5) is 0. The monoisotopic (exact) mass is 314 g/mol. The molecule has 0 aliphatic heterocycles. The Morgan fingerprint density at radius 1 is 1.39 bits per heavy atom. The molecule has 1 saturated carbocycles. The summed E-state index contributed by atoms with van der Waals surface area (Å²) in [5.74, 6) is -0.319. The van der Waals surface area contributed by atoms with Crippen LogP contribution < -0.4 is 11.1 Å². The number of nitrogens with one attached hydrogen (secondary N) is 1. The van der Waals surface area contributed by atoms with Crippen LogP contribution in [0.3, 0.4) is 0 Å². The Bertz CT molecular complexity index is 446. The predicted octanol–water partition coefficient (Wildman–Crippen LogP) is 4.55. The lowest BCUT2D eigenvalue weighted by Gasteiger charge is -2.39. The lowest BCUT2D eigenvalue weighted by atomic mass is 9.73. The van der Waals surface area contributed by atoms with Crippen LogP contribution in [0.15, 0.2) is 16.6 Å². The maximum atomic E-state index is 13.3. The van der Waals surface area contributed by atoms with Crippen molar-refractivity contribution in [3.8, 4) is 0 Å². The van der Waals surface area contributed by atoms with Crippen molar-refractivity contribution >= 4 is 27.3 Å². The van der Waals surface area contributed by atoms with Crippen molar-refractivity contribution in [2.45, 2.75) is 45.6 Å². The van der Waals surface area contributed by atoms with Gasteiger partial charge in [0.25, 0.3) is 0 Å². The molecule has 2 nitrogen and oxygen atoms in total. The van der Waals surface area contributed by atoms with Gasteiger partial charge in [-0.05, 0) is 40.3 Å². The highest BCUT2D eigenvalue weighted by atomic mass is 79.9. The Morgan fingerprint density at radius 2 is 2.11 bits per heavy atom. The second kappa shape index (κ2) is 5.08. The first-order valence-corrected chi connectivity index (χ1v) is 7.20. The molecule has 1 unspecified atom stereocenters.